The summed E-state index contributed by atoms with van der Waals surface area (Å²) in [5, 5.41) is 13.2. The number of halogens is 1. The van der Waals surface area contributed by atoms with Gasteiger partial charge in [0.05, 0.1) is 5.54 Å². The summed E-state index contributed by atoms with van der Waals surface area (Å²) < 4.78 is 0. The van der Waals surface area contributed by atoms with E-state index in [1.54, 1.807) is 19.1 Å². The summed E-state index contributed by atoms with van der Waals surface area (Å²) in [6.07, 6.45) is 0. The fraction of sp³-hybridized carbons (Fsp3) is 0.235. The van der Waals surface area contributed by atoms with E-state index in [1.165, 1.54) is 6.07 Å². The van der Waals surface area contributed by atoms with Crippen LogP contribution in [0.5, 0.6) is 5.75 Å². The van der Waals surface area contributed by atoms with Crippen molar-refractivity contribution in [3.05, 3.63) is 65.2 Å². The molecule has 0 aliphatic carbocycles. The molecule has 0 saturated heterocycles. The highest BCUT2D eigenvalue weighted by Crippen LogP contribution is 2.24. The van der Waals surface area contributed by atoms with Crippen molar-refractivity contribution in [2.75, 3.05) is 5.33 Å². The second-order valence-corrected chi connectivity index (χ2v) is 5.85. The van der Waals surface area contributed by atoms with E-state index < -0.39 is 5.54 Å². The molecule has 2 N–H and O–H groups in total. The average Bonchev–Trinajstić information content (AvgIpc) is 2.50. The molecule has 0 fully saturated rings. The number of carbonyl (C=O) groups excluding carboxylic acids is 1. The van der Waals surface area contributed by atoms with Gasteiger partial charge in [-0.25, -0.2) is 0 Å². The van der Waals surface area contributed by atoms with Crippen LogP contribution in [0.1, 0.15) is 28.4 Å². The van der Waals surface area contributed by atoms with Crippen LogP contribution in [0.3, 0.4) is 0 Å². The van der Waals surface area contributed by atoms with E-state index in [4.69, 9.17) is 0 Å². The van der Waals surface area contributed by atoms with Gasteiger partial charge in [0.2, 0.25) is 0 Å². The molecule has 1 atom stereocenters. The Morgan fingerprint density at radius 2 is 1.90 bits per heavy atom. The van der Waals surface area contributed by atoms with Gasteiger partial charge in [-0.15, -0.1) is 0 Å². The number of hydrogen-bond donors (Lipinski definition) is 2. The van der Waals surface area contributed by atoms with E-state index >= 15 is 0 Å². The van der Waals surface area contributed by atoms with Crippen molar-refractivity contribution in [1.82, 2.24) is 5.32 Å². The summed E-state index contributed by atoms with van der Waals surface area (Å²) in [4.78, 5) is 12.4. The molecule has 0 aromatic heterocycles. The summed E-state index contributed by atoms with van der Waals surface area (Å²) in [6.45, 7) is 3.75. The highest BCUT2D eigenvalue weighted by atomic mass is 79.9. The lowest BCUT2D eigenvalue weighted by molar-refractivity contribution is 0.0914. The Morgan fingerprint density at radius 3 is 2.48 bits per heavy atom. The van der Waals surface area contributed by atoms with Crippen LogP contribution in [0, 0.1) is 6.92 Å². The van der Waals surface area contributed by atoms with Crippen molar-refractivity contribution >= 4 is 21.8 Å². The predicted octanol–water partition coefficient (Wildman–Crippen LogP) is 3.74. The van der Waals surface area contributed by atoms with Crippen molar-refractivity contribution in [2.24, 2.45) is 0 Å². The third-order valence-electron chi connectivity index (χ3n) is 3.53. The topological polar surface area (TPSA) is 49.3 Å². The number of phenolic OH excluding ortho intramolecular Hbond substituents is 1. The number of nitrogens with one attached hydrogen (secondary N) is 1. The van der Waals surface area contributed by atoms with Gasteiger partial charge in [-0.3, -0.25) is 4.79 Å². The van der Waals surface area contributed by atoms with Gasteiger partial charge in [-0.2, -0.15) is 0 Å². The van der Waals surface area contributed by atoms with Gasteiger partial charge in [-0.05, 0) is 43.2 Å². The predicted molar refractivity (Wildman–Crippen MR) is 87.9 cm³/mol. The maximum atomic E-state index is 12.4. The van der Waals surface area contributed by atoms with Crippen molar-refractivity contribution in [3.63, 3.8) is 0 Å². The minimum absolute atomic E-state index is 0.163. The highest BCUT2D eigenvalue weighted by Gasteiger charge is 2.27. The van der Waals surface area contributed by atoms with Crippen molar-refractivity contribution in [1.29, 1.82) is 0 Å². The number of aromatic hydroxyl groups is 1. The van der Waals surface area contributed by atoms with E-state index in [1.807, 2.05) is 37.3 Å². The van der Waals surface area contributed by atoms with E-state index in [-0.39, 0.29) is 11.7 Å². The molecular formula is C17H18BrNO2. The van der Waals surface area contributed by atoms with Crippen molar-refractivity contribution in [2.45, 2.75) is 19.4 Å². The van der Waals surface area contributed by atoms with Gasteiger partial charge in [0.1, 0.15) is 5.75 Å². The molecule has 3 nitrogen and oxygen atoms in total. The fourth-order valence-electron chi connectivity index (χ4n) is 2.11. The Labute approximate surface area is 133 Å². The third-order valence-corrected chi connectivity index (χ3v) is 4.65. The van der Waals surface area contributed by atoms with E-state index in [9.17, 15) is 9.90 Å². The van der Waals surface area contributed by atoms with Crippen LogP contribution in [0.15, 0.2) is 48.5 Å². The largest absolute Gasteiger partial charge is 0.508 e. The first-order chi connectivity index (χ1) is 9.96. The zero-order chi connectivity index (χ0) is 15.5. The van der Waals surface area contributed by atoms with Crippen molar-refractivity contribution in [3.8, 4) is 5.75 Å². The minimum atomic E-state index is -0.496. The molecule has 2 rings (SSSR count). The first kappa shape index (κ1) is 15.6. The normalized spacial score (nSPS) is 13.5. The van der Waals surface area contributed by atoms with Crippen LogP contribution in [0.25, 0.3) is 0 Å². The molecule has 2 aromatic rings. The SMILES string of the molecule is Cc1cc(C(=O)NC(C)(CBr)c2ccccc2)ccc1O. The lowest BCUT2D eigenvalue weighted by Crippen LogP contribution is -2.44. The van der Waals surface area contributed by atoms with Crippen LogP contribution in [-0.2, 0) is 5.54 Å². The lowest BCUT2D eigenvalue weighted by Gasteiger charge is -2.29. The lowest BCUT2D eigenvalue weighted by atomic mass is 9.93. The Balaban J connectivity index is 2.26. The number of amides is 1. The van der Waals surface area contributed by atoms with Crippen LogP contribution >= 0.6 is 15.9 Å². The standard InChI is InChI=1S/C17H18BrNO2/c1-12-10-13(8-9-15(12)20)16(21)19-17(2,11-18)14-6-4-3-5-7-14/h3-10,20H,11H2,1-2H3,(H,19,21). The first-order valence-electron chi connectivity index (χ1n) is 6.70. The molecule has 4 heteroatoms. The Morgan fingerprint density at radius 1 is 1.24 bits per heavy atom. The molecule has 0 aliphatic heterocycles. The highest BCUT2D eigenvalue weighted by molar-refractivity contribution is 9.09. The quantitative estimate of drug-likeness (QED) is 0.827. The Kier molecular flexibility index (Phi) is 4.68. The van der Waals surface area contributed by atoms with Gasteiger partial charge in [0.15, 0.2) is 0 Å². The van der Waals surface area contributed by atoms with Gasteiger partial charge in [0.25, 0.3) is 5.91 Å². The van der Waals surface area contributed by atoms with Gasteiger partial charge in [-0.1, -0.05) is 46.3 Å². The molecule has 21 heavy (non-hydrogen) atoms. The van der Waals surface area contributed by atoms with Gasteiger partial charge < -0.3 is 10.4 Å². The monoisotopic (exact) mass is 347 g/mol. The number of rotatable bonds is 4. The Hall–Kier alpha value is -1.81. The molecule has 2 aromatic carbocycles. The van der Waals surface area contributed by atoms with E-state index in [0.717, 1.165) is 5.56 Å². The van der Waals surface area contributed by atoms with Crippen molar-refractivity contribution < 1.29 is 9.90 Å². The summed E-state index contributed by atoms with van der Waals surface area (Å²) in [7, 11) is 0. The molecule has 0 aliphatic rings. The zero-order valence-electron chi connectivity index (χ0n) is 12.1. The maximum Gasteiger partial charge on any atom is 0.252 e. The summed E-state index contributed by atoms with van der Waals surface area (Å²) >= 11 is 3.48. The van der Waals surface area contributed by atoms with Gasteiger partial charge in [0, 0.05) is 10.9 Å². The first-order valence-corrected chi connectivity index (χ1v) is 7.82. The smallest absolute Gasteiger partial charge is 0.252 e. The summed E-state index contributed by atoms with van der Waals surface area (Å²) in [6, 6.07) is 14.7. The number of phenols is 1. The average molecular weight is 348 g/mol. The molecule has 1 unspecified atom stereocenters. The maximum absolute atomic E-state index is 12.4. The molecule has 0 radical (unpaired) electrons. The minimum Gasteiger partial charge on any atom is -0.508 e. The fourth-order valence-corrected chi connectivity index (χ4v) is 2.57. The molecule has 110 valence electrons. The molecule has 0 heterocycles. The van der Waals surface area contributed by atoms with Crippen LogP contribution in [-0.4, -0.2) is 16.3 Å². The van der Waals surface area contributed by atoms with Crippen LogP contribution in [0.4, 0.5) is 0 Å². The second kappa shape index (κ2) is 6.31. The summed E-state index contributed by atoms with van der Waals surface area (Å²) in [5.41, 5.74) is 1.76. The van der Waals surface area contributed by atoms with Gasteiger partial charge >= 0.3 is 0 Å². The third kappa shape index (κ3) is 3.45. The van der Waals surface area contributed by atoms with Crippen LogP contribution in [0.2, 0.25) is 0 Å². The molecule has 0 saturated carbocycles. The van der Waals surface area contributed by atoms with E-state index in [2.05, 4.69) is 21.2 Å². The molecule has 1 amide bonds. The number of hydrogen-bond acceptors (Lipinski definition) is 2. The summed E-state index contributed by atoms with van der Waals surface area (Å²) in [5.74, 6) is 0.0294. The molecular weight excluding hydrogens is 330 g/mol. The number of carbonyl (C=O) groups is 1. The zero-order valence-corrected chi connectivity index (χ0v) is 13.6. The number of benzene rings is 2. The number of alkyl halides is 1. The molecule has 0 bridgehead atoms. The van der Waals surface area contributed by atoms with Crippen LogP contribution < -0.4 is 5.32 Å². The molecule has 0 spiro atoms. The Bertz CT molecular complexity index is 642. The number of aryl methyl sites for hydroxylation is 1. The van der Waals surface area contributed by atoms with E-state index in [0.29, 0.717) is 16.5 Å². The second-order valence-electron chi connectivity index (χ2n) is 5.29.